The van der Waals surface area contributed by atoms with E-state index < -0.39 is 5.60 Å². The van der Waals surface area contributed by atoms with E-state index in [1.165, 1.54) is 0 Å². The maximum absolute atomic E-state index is 13.1. The maximum Gasteiger partial charge on any atom is 0.256 e. The summed E-state index contributed by atoms with van der Waals surface area (Å²) < 4.78 is 0. The molecular weight excluding hydrogens is 360 g/mol. The van der Waals surface area contributed by atoms with Crippen LogP contribution in [0.3, 0.4) is 0 Å². The van der Waals surface area contributed by atoms with Crippen LogP contribution in [-0.4, -0.2) is 52.5 Å². The van der Waals surface area contributed by atoms with Crippen LogP contribution in [0.25, 0.3) is 0 Å². The summed E-state index contributed by atoms with van der Waals surface area (Å²) in [6, 6.07) is 0.165. The number of nitrogens with one attached hydrogen (secondary N) is 1. The van der Waals surface area contributed by atoms with Crippen LogP contribution >= 0.6 is 11.8 Å². The van der Waals surface area contributed by atoms with Gasteiger partial charge in [-0.3, -0.25) is 4.79 Å². The van der Waals surface area contributed by atoms with Gasteiger partial charge in [0.05, 0.1) is 5.60 Å². The largest absolute Gasteiger partial charge is 0.390 e. The SMILES string of the molecule is CCCSc1ncc(C(=O)NC2C3CC4C[C@H]2CC(O)(C4)C3)c(N(C)C)n1. The normalized spacial score (nSPS) is 33.9. The van der Waals surface area contributed by atoms with E-state index in [4.69, 9.17) is 0 Å². The molecule has 2 N–H and O–H groups in total. The molecule has 4 aliphatic carbocycles. The van der Waals surface area contributed by atoms with E-state index in [1.54, 1.807) is 18.0 Å². The van der Waals surface area contributed by atoms with Crippen molar-refractivity contribution in [3.05, 3.63) is 11.8 Å². The minimum absolute atomic E-state index is 0.0878. The van der Waals surface area contributed by atoms with Gasteiger partial charge in [-0.25, -0.2) is 9.97 Å². The van der Waals surface area contributed by atoms with Gasteiger partial charge >= 0.3 is 0 Å². The maximum atomic E-state index is 13.1. The van der Waals surface area contributed by atoms with Gasteiger partial charge in [0, 0.05) is 32.1 Å². The first-order chi connectivity index (χ1) is 12.9. The number of thioether (sulfide) groups is 1. The van der Waals surface area contributed by atoms with Crippen molar-refractivity contribution in [1.29, 1.82) is 0 Å². The molecule has 27 heavy (non-hydrogen) atoms. The van der Waals surface area contributed by atoms with Gasteiger partial charge in [0.15, 0.2) is 5.16 Å². The number of aliphatic hydroxyl groups is 1. The predicted octanol–water partition coefficient (Wildman–Crippen LogP) is 2.71. The van der Waals surface area contributed by atoms with Crippen molar-refractivity contribution >= 4 is 23.5 Å². The van der Waals surface area contributed by atoms with Crippen LogP contribution in [0.1, 0.15) is 55.8 Å². The summed E-state index contributed by atoms with van der Waals surface area (Å²) in [6.07, 6.45) is 7.60. The molecular formula is C20H30N4O2S. The van der Waals surface area contributed by atoms with Crippen molar-refractivity contribution < 1.29 is 9.90 Å². The van der Waals surface area contributed by atoms with Crippen LogP contribution in [0.15, 0.2) is 11.4 Å². The molecule has 0 saturated heterocycles. The molecule has 148 valence electrons. The first kappa shape index (κ1) is 19.0. The van der Waals surface area contributed by atoms with Crippen molar-refractivity contribution in [3.8, 4) is 0 Å². The molecule has 1 aromatic heterocycles. The molecule has 1 amide bonds. The second-order valence-electron chi connectivity index (χ2n) is 8.83. The molecule has 7 heteroatoms. The van der Waals surface area contributed by atoms with Crippen molar-refractivity contribution in [3.63, 3.8) is 0 Å². The number of carbonyl (C=O) groups is 1. The Bertz CT molecular complexity index is 710. The lowest BCUT2D eigenvalue weighted by Gasteiger charge is -2.58. The Morgan fingerprint density at radius 3 is 2.63 bits per heavy atom. The van der Waals surface area contributed by atoms with E-state index in [0.29, 0.717) is 34.3 Å². The molecule has 4 unspecified atom stereocenters. The molecule has 5 rings (SSSR count). The zero-order chi connectivity index (χ0) is 19.2. The predicted molar refractivity (Wildman–Crippen MR) is 107 cm³/mol. The Hall–Kier alpha value is -1.34. The number of aromatic nitrogens is 2. The molecule has 1 aromatic rings. The third-order valence-corrected chi connectivity index (χ3v) is 7.46. The van der Waals surface area contributed by atoms with E-state index >= 15 is 0 Å². The second kappa shape index (κ2) is 7.24. The van der Waals surface area contributed by atoms with Gasteiger partial charge in [-0.2, -0.15) is 0 Å². The van der Waals surface area contributed by atoms with Crippen LogP contribution in [-0.2, 0) is 0 Å². The highest BCUT2D eigenvalue weighted by atomic mass is 32.2. The zero-order valence-corrected chi connectivity index (χ0v) is 17.3. The number of anilines is 1. The molecule has 4 aliphatic rings. The van der Waals surface area contributed by atoms with E-state index in [-0.39, 0.29) is 11.9 Å². The van der Waals surface area contributed by atoms with Crippen LogP contribution < -0.4 is 10.2 Å². The fourth-order valence-corrected chi connectivity index (χ4v) is 6.23. The zero-order valence-electron chi connectivity index (χ0n) is 16.4. The van der Waals surface area contributed by atoms with Crippen molar-refractivity contribution in [2.24, 2.45) is 17.8 Å². The number of amides is 1. The van der Waals surface area contributed by atoms with Crippen LogP contribution in [0.4, 0.5) is 5.82 Å². The third-order valence-electron chi connectivity index (χ3n) is 6.39. The van der Waals surface area contributed by atoms with Gasteiger partial charge in [-0.1, -0.05) is 18.7 Å². The highest BCUT2D eigenvalue weighted by Gasteiger charge is 2.55. The lowest BCUT2D eigenvalue weighted by atomic mass is 9.52. The van der Waals surface area contributed by atoms with Gasteiger partial charge in [0.1, 0.15) is 11.4 Å². The molecule has 4 fully saturated rings. The molecule has 4 bridgehead atoms. The number of hydrogen-bond donors (Lipinski definition) is 2. The van der Waals surface area contributed by atoms with E-state index in [2.05, 4.69) is 22.2 Å². The fourth-order valence-electron chi connectivity index (χ4n) is 5.57. The summed E-state index contributed by atoms with van der Waals surface area (Å²) in [5, 5.41) is 14.8. The number of nitrogens with zero attached hydrogens (tertiary/aromatic N) is 3. The van der Waals surface area contributed by atoms with Gasteiger partial charge in [0.2, 0.25) is 0 Å². The Morgan fingerprint density at radius 1 is 1.33 bits per heavy atom. The smallest absolute Gasteiger partial charge is 0.256 e. The highest BCUT2D eigenvalue weighted by Crippen LogP contribution is 2.55. The van der Waals surface area contributed by atoms with Gasteiger partial charge in [0.25, 0.3) is 5.91 Å². The number of carbonyl (C=O) groups excluding carboxylic acids is 1. The minimum atomic E-state index is -0.478. The van der Waals surface area contributed by atoms with E-state index in [1.807, 2.05) is 19.0 Å². The number of hydrogen-bond acceptors (Lipinski definition) is 6. The molecule has 0 radical (unpaired) electrons. The Labute approximate surface area is 165 Å². The molecule has 6 nitrogen and oxygen atoms in total. The summed E-state index contributed by atoms with van der Waals surface area (Å²) in [5.74, 6) is 2.98. The van der Waals surface area contributed by atoms with Crippen molar-refractivity contribution in [1.82, 2.24) is 15.3 Å². The summed E-state index contributed by atoms with van der Waals surface area (Å²) in [4.78, 5) is 24.0. The van der Waals surface area contributed by atoms with Gasteiger partial charge in [-0.05, 0) is 56.3 Å². The Balaban J connectivity index is 1.51. The monoisotopic (exact) mass is 390 g/mol. The summed E-state index contributed by atoms with van der Waals surface area (Å²) >= 11 is 1.62. The second-order valence-corrected chi connectivity index (χ2v) is 9.89. The van der Waals surface area contributed by atoms with Crippen LogP contribution in [0.5, 0.6) is 0 Å². The topological polar surface area (TPSA) is 78.3 Å². The van der Waals surface area contributed by atoms with Gasteiger partial charge < -0.3 is 15.3 Å². The lowest BCUT2D eigenvalue weighted by molar-refractivity contribution is -0.136. The Morgan fingerprint density at radius 2 is 2.04 bits per heavy atom. The van der Waals surface area contributed by atoms with Crippen molar-refractivity contribution in [2.75, 3.05) is 24.7 Å². The molecule has 0 aliphatic heterocycles. The minimum Gasteiger partial charge on any atom is -0.390 e. The fraction of sp³-hybridized carbons (Fsp3) is 0.750. The highest BCUT2D eigenvalue weighted by molar-refractivity contribution is 7.99. The quantitative estimate of drug-likeness (QED) is 0.574. The summed E-state index contributed by atoms with van der Waals surface area (Å²) in [6.45, 7) is 2.13. The standard InChI is InChI=1S/C20H30N4O2S/c1-4-5-27-19-21-11-15(17(23-19)24(2)3)18(25)22-16-13-6-12-7-14(16)10-20(26,8-12)9-13/h11-14,16,26H,4-10H2,1-3H3,(H,22,25)/t12?,13-,14?,16?,20?/m0/s1. The third kappa shape index (κ3) is 3.68. The van der Waals surface area contributed by atoms with Crippen molar-refractivity contribution in [2.45, 2.75) is 62.2 Å². The average molecular weight is 391 g/mol. The molecule has 0 spiro atoms. The first-order valence-electron chi connectivity index (χ1n) is 10.1. The van der Waals surface area contributed by atoms with E-state index in [9.17, 15) is 9.90 Å². The average Bonchev–Trinajstić information content (AvgIpc) is 2.61. The first-order valence-corrected chi connectivity index (χ1v) is 11.1. The summed E-state index contributed by atoms with van der Waals surface area (Å²) in [7, 11) is 3.82. The number of rotatable bonds is 6. The van der Waals surface area contributed by atoms with Crippen LogP contribution in [0.2, 0.25) is 0 Å². The Kier molecular flexibility index (Phi) is 5.10. The summed E-state index contributed by atoms with van der Waals surface area (Å²) in [5.41, 5.74) is 0.0571. The van der Waals surface area contributed by atoms with E-state index in [0.717, 1.165) is 44.3 Å². The molecule has 5 atom stereocenters. The van der Waals surface area contributed by atoms with Gasteiger partial charge in [-0.15, -0.1) is 0 Å². The lowest BCUT2D eigenvalue weighted by Crippen LogP contribution is -2.61. The molecule has 1 heterocycles. The molecule has 4 saturated carbocycles. The molecule has 0 aromatic carbocycles. The van der Waals surface area contributed by atoms with Crippen LogP contribution in [0, 0.1) is 17.8 Å².